The monoisotopic (exact) mass is 384 g/mol. The van der Waals surface area contributed by atoms with Crippen molar-refractivity contribution in [2.45, 2.75) is 112 Å². The summed E-state index contributed by atoms with van der Waals surface area (Å²) in [6, 6.07) is 0. The second-order valence-electron chi connectivity index (χ2n) is 12.6. The average Bonchev–Trinajstić information content (AvgIpc) is 2.99. The van der Waals surface area contributed by atoms with Gasteiger partial charge in [0.2, 0.25) is 0 Å². The molecule has 0 heteroatoms. The van der Waals surface area contributed by atoms with Crippen LogP contribution in [0.2, 0.25) is 0 Å². The average molecular weight is 385 g/mol. The van der Waals surface area contributed by atoms with Crippen LogP contribution in [0.1, 0.15) is 112 Å². The van der Waals surface area contributed by atoms with Crippen LogP contribution in [0, 0.1) is 52.3 Å². The highest BCUT2D eigenvalue weighted by molar-refractivity contribution is 5.25. The van der Waals surface area contributed by atoms with Crippen LogP contribution in [0.4, 0.5) is 0 Å². The molecule has 4 aliphatic rings. The van der Waals surface area contributed by atoms with E-state index in [1.165, 1.54) is 70.6 Å². The van der Waals surface area contributed by atoms with Gasteiger partial charge in [-0.3, -0.25) is 0 Å². The first-order valence-electron chi connectivity index (χ1n) is 12.9. The molecule has 0 saturated heterocycles. The first kappa shape index (κ1) is 21.0. The molecule has 3 saturated carbocycles. The van der Waals surface area contributed by atoms with Gasteiger partial charge in [-0.2, -0.15) is 0 Å². The second-order valence-corrected chi connectivity index (χ2v) is 12.6. The van der Waals surface area contributed by atoms with Gasteiger partial charge in [0.1, 0.15) is 0 Å². The molecule has 3 fully saturated rings. The minimum atomic E-state index is 0.553. The third kappa shape index (κ3) is 3.43. The van der Waals surface area contributed by atoms with E-state index in [-0.39, 0.29) is 0 Å². The molecule has 0 N–H and O–H groups in total. The topological polar surface area (TPSA) is 0 Å². The number of hydrogen-bond donors (Lipinski definition) is 0. The lowest BCUT2D eigenvalue weighted by molar-refractivity contribution is -0.0523. The lowest BCUT2D eigenvalue weighted by Gasteiger charge is -2.58. The standard InChI is InChI=1S/C28H48/c1-19(2)8-7-9-21(4)24-12-13-25-23-11-10-22-18-20(3)14-16-27(22,5)26(23)15-17-28(24,25)6/h10,19-21,23-26H,7-9,11-18H2,1-6H3/t20?,21?,23?,24?,25?,26?,27-,28?/m0/s1. The van der Waals surface area contributed by atoms with Gasteiger partial charge in [-0.1, -0.05) is 72.5 Å². The van der Waals surface area contributed by atoms with Crippen molar-refractivity contribution < 1.29 is 0 Å². The van der Waals surface area contributed by atoms with Gasteiger partial charge < -0.3 is 0 Å². The second kappa shape index (κ2) is 7.77. The summed E-state index contributed by atoms with van der Waals surface area (Å²) in [5, 5.41) is 0. The van der Waals surface area contributed by atoms with E-state index in [0.717, 1.165) is 41.4 Å². The fraction of sp³-hybridized carbons (Fsp3) is 0.929. The van der Waals surface area contributed by atoms with Crippen LogP contribution in [0.3, 0.4) is 0 Å². The molecule has 4 aliphatic carbocycles. The summed E-state index contributed by atoms with van der Waals surface area (Å²) in [6.07, 6.45) is 19.0. The Morgan fingerprint density at radius 1 is 0.964 bits per heavy atom. The maximum atomic E-state index is 2.75. The fourth-order valence-electron chi connectivity index (χ4n) is 8.87. The Labute approximate surface area is 176 Å². The highest BCUT2D eigenvalue weighted by Gasteiger charge is 2.58. The Morgan fingerprint density at radius 2 is 1.75 bits per heavy atom. The van der Waals surface area contributed by atoms with E-state index in [1.54, 1.807) is 0 Å². The molecule has 0 bridgehead atoms. The van der Waals surface area contributed by atoms with Gasteiger partial charge in [-0.15, -0.1) is 0 Å². The molecule has 0 aromatic heterocycles. The summed E-state index contributed by atoms with van der Waals surface area (Å²) < 4.78 is 0. The number of fused-ring (bicyclic) bond motifs is 5. The smallest absolute Gasteiger partial charge is 0.00851 e. The molecule has 7 unspecified atom stereocenters. The quantitative estimate of drug-likeness (QED) is 0.416. The number of allylic oxidation sites excluding steroid dienone is 2. The normalized spacial score (nSPS) is 46.5. The Morgan fingerprint density at radius 3 is 2.50 bits per heavy atom. The lowest BCUT2D eigenvalue weighted by Crippen LogP contribution is -2.50. The van der Waals surface area contributed by atoms with Crippen LogP contribution >= 0.6 is 0 Å². The third-order valence-corrected chi connectivity index (χ3v) is 10.6. The van der Waals surface area contributed by atoms with Crippen molar-refractivity contribution in [1.29, 1.82) is 0 Å². The van der Waals surface area contributed by atoms with E-state index < -0.39 is 0 Å². The van der Waals surface area contributed by atoms with Crippen molar-refractivity contribution in [2.75, 3.05) is 0 Å². The summed E-state index contributed by atoms with van der Waals surface area (Å²) in [5.74, 6) is 6.73. The SMILES string of the molecule is CC(C)CCCC(C)C1CCC2C3CC=C4CC(C)CC[C@]4(C)C3CCC12C. The third-order valence-electron chi connectivity index (χ3n) is 10.6. The van der Waals surface area contributed by atoms with Gasteiger partial charge >= 0.3 is 0 Å². The zero-order chi connectivity index (χ0) is 20.1. The van der Waals surface area contributed by atoms with Crippen LogP contribution in [-0.2, 0) is 0 Å². The summed E-state index contributed by atoms with van der Waals surface area (Å²) in [6.45, 7) is 15.3. The van der Waals surface area contributed by atoms with E-state index in [9.17, 15) is 0 Å². The highest BCUT2D eigenvalue weighted by atomic mass is 14.6. The van der Waals surface area contributed by atoms with Gasteiger partial charge in [0.15, 0.2) is 0 Å². The zero-order valence-electron chi connectivity index (χ0n) is 19.9. The van der Waals surface area contributed by atoms with Crippen molar-refractivity contribution in [3.63, 3.8) is 0 Å². The molecule has 0 aliphatic heterocycles. The molecule has 8 atom stereocenters. The van der Waals surface area contributed by atoms with Crippen molar-refractivity contribution in [2.24, 2.45) is 52.3 Å². The number of hydrogen-bond acceptors (Lipinski definition) is 0. The summed E-state index contributed by atoms with van der Waals surface area (Å²) in [5.41, 5.74) is 3.06. The Kier molecular flexibility index (Phi) is 5.83. The Balaban J connectivity index is 1.49. The Bertz CT molecular complexity index is 585. The van der Waals surface area contributed by atoms with Crippen LogP contribution < -0.4 is 0 Å². The van der Waals surface area contributed by atoms with Gasteiger partial charge in [-0.25, -0.2) is 0 Å². The summed E-state index contributed by atoms with van der Waals surface area (Å²) in [4.78, 5) is 0. The van der Waals surface area contributed by atoms with E-state index in [1.807, 2.05) is 5.57 Å². The maximum absolute atomic E-state index is 2.75. The molecule has 0 aromatic rings. The molecule has 0 aromatic carbocycles. The highest BCUT2D eigenvalue weighted by Crippen LogP contribution is 2.67. The van der Waals surface area contributed by atoms with Crippen molar-refractivity contribution in [1.82, 2.24) is 0 Å². The summed E-state index contributed by atoms with van der Waals surface area (Å²) in [7, 11) is 0. The first-order valence-corrected chi connectivity index (χ1v) is 12.9. The van der Waals surface area contributed by atoms with E-state index >= 15 is 0 Å². The van der Waals surface area contributed by atoms with Gasteiger partial charge in [-0.05, 0) is 104 Å². The van der Waals surface area contributed by atoms with Crippen LogP contribution in [0.5, 0.6) is 0 Å². The lowest BCUT2D eigenvalue weighted by atomic mass is 9.46. The molecular weight excluding hydrogens is 336 g/mol. The molecule has 0 radical (unpaired) electrons. The molecule has 4 rings (SSSR count). The molecule has 0 spiro atoms. The minimum absolute atomic E-state index is 0.553. The molecule has 160 valence electrons. The fourth-order valence-corrected chi connectivity index (χ4v) is 8.87. The van der Waals surface area contributed by atoms with E-state index in [2.05, 4.69) is 47.6 Å². The first-order chi connectivity index (χ1) is 13.3. The van der Waals surface area contributed by atoms with Crippen LogP contribution in [-0.4, -0.2) is 0 Å². The van der Waals surface area contributed by atoms with E-state index in [0.29, 0.717) is 10.8 Å². The van der Waals surface area contributed by atoms with Gasteiger partial charge in [0, 0.05) is 0 Å². The van der Waals surface area contributed by atoms with Gasteiger partial charge in [0.05, 0.1) is 0 Å². The molecule has 28 heavy (non-hydrogen) atoms. The Hall–Kier alpha value is -0.260. The molecular formula is C28H48. The zero-order valence-corrected chi connectivity index (χ0v) is 19.9. The largest absolute Gasteiger partial charge is 0.0845 e. The maximum Gasteiger partial charge on any atom is -0.00851 e. The summed E-state index contributed by atoms with van der Waals surface area (Å²) >= 11 is 0. The minimum Gasteiger partial charge on any atom is -0.0845 e. The van der Waals surface area contributed by atoms with Crippen molar-refractivity contribution in [3.8, 4) is 0 Å². The van der Waals surface area contributed by atoms with Crippen LogP contribution in [0.25, 0.3) is 0 Å². The predicted molar refractivity (Wildman–Crippen MR) is 122 cm³/mol. The van der Waals surface area contributed by atoms with Crippen molar-refractivity contribution in [3.05, 3.63) is 11.6 Å². The van der Waals surface area contributed by atoms with Gasteiger partial charge in [0.25, 0.3) is 0 Å². The van der Waals surface area contributed by atoms with Crippen LogP contribution in [0.15, 0.2) is 11.6 Å². The number of rotatable bonds is 5. The van der Waals surface area contributed by atoms with Crippen molar-refractivity contribution >= 4 is 0 Å². The predicted octanol–water partition coefficient (Wildman–Crippen LogP) is 8.66. The molecule has 0 heterocycles. The molecule has 0 amide bonds. The van der Waals surface area contributed by atoms with E-state index in [4.69, 9.17) is 0 Å². The molecule has 0 nitrogen and oxygen atoms in total.